The van der Waals surface area contributed by atoms with E-state index in [-0.39, 0.29) is 18.4 Å². The summed E-state index contributed by atoms with van der Waals surface area (Å²) in [6.07, 6.45) is 4.40. The number of carbonyl (C=O) groups excluding carboxylic acids is 2. The van der Waals surface area contributed by atoms with Gasteiger partial charge in [0.2, 0.25) is 11.8 Å². The van der Waals surface area contributed by atoms with Gasteiger partial charge in [-0.25, -0.2) is 0 Å². The summed E-state index contributed by atoms with van der Waals surface area (Å²) in [5.41, 5.74) is 5.05. The van der Waals surface area contributed by atoms with Gasteiger partial charge in [-0.2, -0.15) is 0 Å². The Morgan fingerprint density at radius 1 is 1.09 bits per heavy atom. The fraction of sp³-hybridized carbons (Fsp3) is 0.812. The second-order valence-corrected chi connectivity index (χ2v) is 6.36. The van der Waals surface area contributed by atoms with E-state index in [4.69, 9.17) is 10.8 Å². The number of primary amides is 1. The van der Waals surface area contributed by atoms with Crippen molar-refractivity contribution in [1.82, 2.24) is 5.32 Å². The number of carboxylic acid groups (broad SMARTS) is 1. The van der Waals surface area contributed by atoms with Crippen LogP contribution in [-0.2, 0) is 14.4 Å². The molecule has 2 unspecified atom stereocenters. The summed E-state index contributed by atoms with van der Waals surface area (Å²) in [7, 11) is 0. The first-order valence-electron chi connectivity index (χ1n) is 8.21. The van der Waals surface area contributed by atoms with Crippen molar-refractivity contribution in [2.45, 2.75) is 77.4 Å². The van der Waals surface area contributed by atoms with E-state index in [0.717, 1.165) is 32.1 Å². The van der Waals surface area contributed by atoms with Gasteiger partial charge in [-0.1, -0.05) is 33.1 Å². The van der Waals surface area contributed by atoms with E-state index in [1.807, 2.05) is 0 Å². The Labute approximate surface area is 137 Å². The number of carbonyl (C=O) groups is 3. The smallest absolute Gasteiger partial charge is 0.305 e. The number of amides is 2. The Bertz CT molecular complexity index is 385. The molecule has 2 atom stereocenters. The molecule has 0 heterocycles. The van der Waals surface area contributed by atoms with Gasteiger partial charge in [0.1, 0.15) is 6.04 Å². The summed E-state index contributed by atoms with van der Waals surface area (Å²) < 4.78 is 0. The third kappa shape index (κ3) is 12.6. The molecule has 0 bridgehead atoms. The fourth-order valence-corrected chi connectivity index (χ4v) is 2.34. The third-order valence-electron chi connectivity index (χ3n) is 3.49. The number of nitrogens with one attached hydrogen (secondary N) is 1. The van der Waals surface area contributed by atoms with Crippen molar-refractivity contribution in [3.05, 3.63) is 0 Å². The molecule has 23 heavy (non-hydrogen) atoms. The largest absolute Gasteiger partial charge is 0.481 e. The predicted octanol–water partition coefficient (Wildman–Crippen LogP) is 1.18. The van der Waals surface area contributed by atoms with Crippen LogP contribution < -0.4 is 11.1 Å². The average molecular weight is 330 g/mol. The molecular weight excluding hydrogens is 300 g/mol. The Morgan fingerprint density at radius 3 is 2.22 bits per heavy atom. The highest BCUT2D eigenvalue weighted by Crippen LogP contribution is 2.13. The Kier molecular flexibility index (Phi) is 11.0. The van der Waals surface area contributed by atoms with Gasteiger partial charge in [0, 0.05) is 6.42 Å². The summed E-state index contributed by atoms with van der Waals surface area (Å²) in [5, 5.41) is 20.7. The lowest BCUT2D eigenvalue weighted by molar-refractivity contribution is -0.140. The molecule has 134 valence electrons. The van der Waals surface area contributed by atoms with E-state index >= 15 is 0 Å². The number of unbranched alkanes of at least 4 members (excludes halogenated alkanes) is 3. The summed E-state index contributed by atoms with van der Waals surface area (Å²) in [6.45, 7) is 4.15. The average Bonchev–Trinajstić information content (AvgIpc) is 2.40. The maximum atomic E-state index is 11.6. The van der Waals surface area contributed by atoms with Crippen LogP contribution in [0.15, 0.2) is 0 Å². The quantitative estimate of drug-likeness (QED) is 0.377. The normalized spacial score (nSPS) is 13.6. The Balaban J connectivity index is 3.77. The second-order valence-electron chi connectivity index (χ2n) is 6.36. The standard InChI is InChI=1S/C16H30N2O5/c1-11(2)9-12(19)7-5-3-4-6-8-14(20)18-13(16(17)23)10-15(21)22/h11-13,19H,3-10H2,1-2H3,(H2,17,23)(H,18,20)(H,21,22). The number of aliphatic carboxylic acids is 1. The maximum Gasteiger partial charge on any atom is 0.305 e. The number of rotatable bonds is 13. The van der Waals surface area contributed by atoms with Crippen molar-refractivity contribution in [2.24, 2.45) is 11.7 Å². The molecule has 0 aliphatic carbocycles. The van der Waals surface area contributed by atoms with Crippen molar-refractivity contribution in [1.29, 1.82) is 0 Å². The maximum absolute atomic E-state index is 11.6. The molecule has 0 aromatic rings. The number of aliphatic hydroxyl groups is 1. The van der Waals surface area contributed by atoms with E-state index in [0.29, 0.717) is 12.3 Å². The Morgan fingerprint density at radius 2 is 1.70 bits per heavy atom. The zero-order valence-corrected chi connectivity index (χ0v) is 14.1. The lowest BCUT2D eigenvalue weighted by Crippen LogP contribution is -2.45. The second kappa shape index (κ2) is 11.9. The molecule has 2 amide bonds. The van der Waals surface area contributed by atoms with Crippen LogP contribution in [0.2, 0.25) is 0 Å². The van der Waals surface area contributed by atoms with E-state index < -0.39 is 24.3 Å². The monoisotopic (exact) mass is 330 g/mol. The first-order chi connectivity index (χ1) is 10.7. The third-order valence-corrected chi connectivity index (χ3v) is 3.49. The minimum atomic E-state index is -1.19. The fourth-order valence-electron chi connectivity index (χ4n) is 2.34. The summed E-state index contributed by atoms with van der Waals surface area (Å²) in [6, 6.07) is -1.16. The number of hydrogen-bond donors (Lipinski definition) is 4. The van der Waals surface area contributed by atoms with E-state index in [1.54, 1.807) is 0 Å². The molecule has 0 radical (unpaired) electrons. The molecule has 0 aromatic carbocycles. The van der Waals surface area contributed by atoms with Gasteiger partial charge in [0.05, 0.1) is 12.5 Å². The molecule has 0 aromatic heterocycles. The predicted molar refractivity (Wildman–Crippen MR) is 86.5 cm³/mol. The summed E-state index contributed by atoms with van der Waals surface area (Å²) >= 11 is 0. The molecule has 0 saturated heterocycles. The first-order valence-corrected chi connectivity index (χ1v) is 8.21. The lowest BCUT2D eigenvalue weighted by atomic mass is 10.0. The molecule has 0 spiro atoms. The van der Waals surface area contributed by atoms with Crippen LogP contribution in [0.3, 0.4) is 0 Å². The summed E-state index contributed by atoms with van der Waals surface area (Å²) in [5.74, 6) is -1.92. The van der Waals surface area contributed by atoms with Gasteiger partial charge in [-0.3, -0.25) is 14.4 Å². The van der Waals surface area contributed by atoms with Gasteiger partial charge in [0.25, 0.3) is 0 Å². The molecule has 0 saturated carbocycles. The van der Waals surface area contributed by atoms with Crippen LogP contribution in [0.5, 0.6) is 0 Å². The van der Waals surface area contributed by atoms with Gasteiger partial charge >= 0.3 is 5.97 Å². The molecule has 0 aliphatic heterocycles. The van der Waals surface area contributed by atoms with Crippen LogP contribution in [0.4, 0.5) is 0 Å². The number of aliphatic hydroxyl groups excluding tert-OH is 1. The van der Waals surface area contributed by atoms with Crippen molar-refractivity contribution < 1.29 is 24.6 Å². The zero-order chi connectivity index (χ0) is 17.8. The van der Waals surface area contributed by atoms with Crippen molar-refractivity contribution in [3.63, 3.8) is 0 Å². The number of nitrogens with two attached hydrogens (primary N) is 1. The number of carboxylic acids is 1. The van der Waals surface area contributed by atoms with Crippen LogP contribution in [-0.4, -0.2) is 40.1 Å². The summed E-state index contributed by atoms with van der Waals surface area (Å²) in [4.78, 5) is 33.3. The van der Waals surface area contributed by atoms with Gasteiger partial charge in [-0.15, -0.1) is 0 Å². The Hall–Kier alpha value is -1.63. The van der Waals surface area contributed by atoms with Crippen molar-refractivity contribution in [3.8, 4) is 0 Å². The van der Waals surface area contributed by atoms with Gasteiger partial charge < -0.3 is 21.3 Å². The number of hydrogen-bond acceptors (Lipinski definition) is 4. The van der Waals surface area contributed by atoms with Crippen molar-refractivity contribution in [2.75, 3.05) is 0 Å². The molecule has 0 fully saturated rings. The molecule has 0 rings (SSSR count). The van der Waals surface area contributed by atoms with E-state index in [9.17, 15) is 19.5 Å². The van der Waals surface area contributed by atoms with Gasteiger partial charge in [-0.05, 0) is 25.2 Å². The first kappa shape index (κ1) is 21.4. The SMILES string of the molecule is CC(C)CC(O)CCCCCCC(=O)NC(CC(=O)O)C(N)=O. The van der Waals surface area contributed by atoms with Crippen LogP contribution in [0.1, 0.15) is 65.2 Å². The highest BCUT2D eigenvalue weighted by atomic mass is 16.4. The highest BCUT2D eigenvalue weighted by molar-refractivity contribution is 5.89. The molecule has 7 nitrogen and oxygen atoms in total. The molecule has 7 heteroatoms. The minimum Gasteiger partial charge on any atom is -0.481 e. The van der Waals surface area contributed by atoms with Crippen molar-refractivity contribution >= 4 is 17.8 Å². The highest BCUT2D eigenvalue weighted by Gasteiger charge is 2.20. The van der Waals surface area contributed by atoms with E-state index in [2.05, 4.69) is 19.2 Å². The van der Waals surface area contributed by atoms with Crippen LogP contribution in [0, 0.1) is 5.92 Å². The molecule has 0 aliphatic rings. The topological polar surface area (TPSA) is 130 Å². The molecular formula is C16H30N2O5. The van der Waals surface area contributed by atoms with E-state index in [1.165, 1.54) is 0 Å². The minimum absolute atomic E-state index is 0.234. The zero-order valence-electron chi connectivity index (χ0n) is 14.1. The lowest BCUT2D eigenvalue weighted by Gasteiger charge is -2.13. The van der Waals surface area contributed by atoms with Crippen LogP contribution >= 0.6 is 0 Å². The van der Waals surface area contributed by atoms with Crippen LogP contribution in [0.25, 0.3) is 0 Å². The van der Waals surface area contributed by atoms with Gasteiger partial charge in [0.15, 0.2) is 0 Å². The molecule has 5 N–H and O–H groups in total.